The fourth-order valence-electron chi connectivity index (χ4n) is 0.962. The summed E-state index contributed by atoms with van der Waals surface area (Å²) in [4.78, 5) is 1.22. The molecule has 0 aliphatic carbocycles. The Kier molecular flexibility index (Phi) is 3.50. The van der Waals surface area contributed by atoms with E-state index < -0.39 is 0 Å². The molecule has 0 saturated heterocycles. The molecule has 0 spiro atoms. The molecular weight excluding hydrogens is 234 g/mol. The van der Waals surface area contributed by atoms with Crippen LogP contribution >= 0.6 is 27.3 Å². The van der Waals surface area contributed by atoms with Gasteiger partial charge in [0.25, 0.3) is 0 Å². The molecule has 0 aromatic carbocycles. The van der Waals surface area contributed by atoms with Crippen molar-refractivity contribution in [3.63, 3.8) is 0 Å². The first-order chi connectivity index (χ1) is 5.65. The van der Waals surface area contributed by atoms with Crippen molar-refractivity contribution in [1.82, 2.24) is 0 Å². The first-order valence-corrected chi connectivity index (χ1v) is 5.38. The van der Waals surface area contributed by atoms with Gasteiger partial charge in [-0.15, -0.1) is 17.9 Å². The SMILES string of the molecule is C=CC[C@H](N)c1cc(C)c(Br)s1. The summed E-state index contributed by atoms with van der Waals surface area (Å²) in [6, 6.07) is 2.24. The van der Waals surface area contributed by atoms with Crippen molar-refractivity contribution in [2.24, 2.45) is 5.73 Å². The minimum Gasteiger partial charge on any atom is -0.323 e. The van der Waals surface area contributed by atoms with E-state index in [0.29, 0.717) is 0 Å². The molecule has 2 N–H and O–H groups in total. The van der Waals surface area contributed by atoms with Crippen LogP contribution in [0.25, 0.3) is 0 Å². The van der Waals surface area contributed by atoms with Crippen molar-refractivity contribution in [3.8, 4) is 0 Å². The molecule has 1 atom stereocenters. The third kappa shape index (κ3) is 2.19. The molecule has 0 fully saturated rings. The largest absolute Gasteiger partial charge is 0.323 e. The number of rotatable bonds is 3. The summed E-state index contributed by atoms with van der Waals surface area (Å²) >= 11 is 5.18. The molecule has 0 aliphatic rings. The molecular formula is C9H12BrNS. The van der Waals surface area contributed by atoms with Gasteiger partial charge in [-0.2, -0.15) is 0 Å². The van der Waals surface area contributed by atoms with Crippen molar-refractivity contribution in [2.45, 2.75) is 19.4 Å². The van der Waals surface area contributed by atoms with Gasteiger partial charge in [0.15, 0.2) is 0 Å². The van der Waals surface area contributed by atoms with E-state index in [9.17, 15) is 0 Å². The molecule has 0 aliphatic heterocycles. The van der Waals surface area contributed by atoms with Gasteiger partial charge in [-0.25, -0.2) is 0 Å². The number of halogens is 1. The van der Waals surface area contributed by atoms with Gasteiger partial charge in [-0.1, -0.05) is 6.08 Å². The first kappa shape index (κ1) is 9.96. The lowest BCUT2D eigenvalue weighted by Gasteiger charge is -2.03. The van der Waals surface area contributed by atoms with Gasteiger partial charge in [-0.05, 0) is 40.9 Å². The van der Waals surface area contributed by atoms with Crippen LogP contribution in [0.1, 0.15) is 22.9 Å². The summed E-state index contributed by atoms with van der Waals surface area (Å²) in [5, 5.41) is 0. The number of thiophene rings is 1. The molecule has 1 rings (SSSR count). The summed E-state index contributed by atoms with van der Waals surface area (Å²) in [6.07, 6.45) is 2.69. The van der Waals surface area contributed by atoms with E-state index in [2.05, 4.69) is 35.5 Å². The number of hydrogen-bond donors (Lipinski definition) is 1. The zero-order chi connectivity index (χ0) is 9.14. The molecule has 12 heavy (non-hydrogen) atoms. The average molecular weight is 246 g/mol. The third-order valence-electron chi connectivity index (χ3n) is 1.66. The maximum absolute atomic E-state index is 5.91. The Hall–Kier alpha value is -0.120. The van der Waals surface area contributed by atoms with Crippen LogP contribution in [0.5, 0.6) is 0 Å². The lowest BCUT2D eigenvalue weighted by atomic mass is 10.2. The van der Waals surface area contributed by atoms with Crippen molar-refractivity contribution in [3.05, 3.63) is 32.9 Å². The Labute approximate surface area is 85.4 Å². The molecule has 0 bridgehead atoms. The van der Waals surface area contributed by atoms with Crippen molar-refractivity contribution < 1.29 is 0 Å². The van der Waals surface area contributed by atoms with Gasteiger partial charge in [0, 0.05) is 10.9 Å². The molecule has 0 amide bonds. The summed E-state index contributed by atoms with van der Waals surface area (Å²) in [7, 11) is 0. The average Bonchev–Trinajstić information content (AvgIpc) is 2.33. The van der Waals surface area contributed by atoms with Gasteiger partial charge in [0.1, 0.15) is 0 Å². The molecule has 0 radical (unpaired) electrons. The summed E-state index contributed by atoms with van der Waals surface area (Å²) < 4.78 is 1.18. The highest BCUT2D eigenvalue weighted by Crippen LogP contribution is 2.31. The lowest BCUT2D eigenvalue weighted by molar-refractivity contribution is 0.757. The second-order valence-electron chi connectivity index (χ2n) is 2.74. The molecule has 1 nitrogen and oxygen atoms in total. The summed E-state index contributed by atoms with van der Waals surface area (Å²) in [5.74, 6) is 0. The van der Waals surface area contributed by atoms with Gasteiger partial charge < -0.3 is 5.73 Å². The quantitative estimate of drug-likeness (QED) is 0.813. The number of nitrogens with two attached hydrogens (primary N) is 1. The van der Waals surface area contributed by atoms with Crippen LogP contribution < -0.4 is 5.73 Å². The van der Waals surface area contributed by atoms with Gasteiger partial charge in [0.05, 0.1) is 3.79 Å². The molecule has 1 aromatic heterocycles. The Morgan fingerprint density at radius 3 is 2.92 bits per heavy atom. The lowest BCUT2D eigenvalue weighted by Crippen LogP contribution is -2.06. The van der Waals surface area contributed by atoms with E-state index in [0.717, 1.165) is 6.42 Å². The summed E-state index contributed by atoms with van der Waals surface area (Å²) in [6.45, 7) is 5.74. The maximum atomic E-state index is 5.91. The topological polar surface area (TPSA) is 26.0 Å². The molecule has 3 heteroatoms. The second-order valence-corrected chi connectivity index (χ2v) is 5.14. The zero-order valence-corrected chi connectivity index (χ0v) is 9.41. The van der Waals surface area contributed by atoms with Crippen LogP contribution in [-0.2, 0) is 0 Å². The normalized spacial score (nSPS) is 12.9. The monoisotopic (exact) mass is 245 g/mol. The molecule has 66 valence electrons. The Morgan fingerprint density at radius 1 is 1.83 bits per heavy atom. The molecule has 0 saturated carbocycles. The Morgan fingerprint density at radius 2 is 2.50 bits per heavy atom. The highest BCUT2D eigenvalue weighted by Gasteiger charge is 2.08. The third-order valence-corrected chi connectivity index (χ3v) is 3.93. The number of aryl methyl sites for hydroxylation is 1. The predicted octanol–water partition coefficient (Wildman–Crippen LogP) is 3.39. The van der Waals surface area contributed by atoms with E-state index >= 15 is 0 Å². The molecule has 1 aromatic rings. The minimum atomic E-state index is 0.109. The van der Waals surface area contributed by atoms with E-state index in [1.807, 2.05) is 6.08 Å². The zero-order valence-electron chi connectivity index (χ0n) is 7.01. The van der Waals surface area contributed by atoms with Crippen LogP contribution in [0.15, 0.2) is 22.5 Å². The van der Waals surface area contributed by atoms with Crippen LogP contribution in [0.4, 0.5) is 0 Å². The van der Waals surface area contributed by atoms with Crippen LogP contribution in [0.3, 0.4) is 0 Å². The van der Waals surface area contributed by atoms with E-state index in [4.69, 9.17) is 5.73 Å². The van der Waals surface area contributed by atoms with Crippen LogP contribution in [0, 0.1) is 6.92 Å². The van der Waals surface area contributed by atoms with Crippen molar-refractivity contribution >= 4 is 27.3 Å². The Balaban J connectivity index is 2.80. The van der Waals surface area contributed by atoms with Gasteiger partial charge in [-0.3, -0.25) is 0 Å². The molecule has 1 heterocycles. The second kappa shape index (κ2) is 4.21. The predicted molar refractivity (Wildman–Crippen MR) is 58.5 cm³/mol. The smallest absolute Gasteiger partial charge is 0.0731 e. The van der Waals surface area contributed by atoms with E-state index in [-0.39, 0.29) is 6.04 Å². The van der Waals surface area contributed by atoms with Crippen molar-refractivity contribution in [2.75, 3.05) is 0 Å². The van der Waals surface area contributed by atoms with E-state index in [1.165, 1.54) is 14.2 Å². The minimum absolute atomic E-state index is 0.109. The summed E-state index contributed by atoms with van der Waals surface area (Å²) in [5.41, 5.74) is 7.16. The fourth-order valence-corrected chi connectivity index (χ4v) is 2.55. The van der Waals surface area contributed by atoms with Crippen LogP contribution in [0.2, 0.25) is 0 Å². The Bertz CT molecular complexity index is 261. The number of hydrogen-bond acceptors (Lipinski definition) is 2. The highest BCUT2D eigenvalue weighted by molar-refractivity contribution is 9.11. The molecule has 0 unspecified atom stereocenters. The van der Waals surface area contributed by atoms with Gasteiger partial charge >= 0.3 is 0 Å². The maximum Gasteiger partial charge on any atom is 0.0731 e. The van der Waals surface area contributed by atoms with Crippen LogP contribution in [-0.4, -0.2) is 0 Å². The van der Waals surface area contributed by atoms with Crippen molar-refractivity contribution in [1.29, 1.82) is 0 Å². The first-order valence-electron chi connectivity index (χ1n) is 3.77. The fraction of sp³-hybridized carbons (Fsp3) is 0.333. The van der Waals surface area contributed by atoms with Gasteiger partial charge in [0.2, 0.25) is 0 Å². The van der Waals surface area contributed by atoms with E-state index in [1.54, 1.807) is 11.3 Å². The highest BCUT2D eigenvalue weighted by atomic mass is 79.9. The standard InChI is InChI=1S/C9H12BrNS/c1-3-4-7(11)8-5-6(2)9(10)12-8/h3,5,7H,1,4,11H2,2H3/t7-/m0/s1.